The topological polar surface area (TPSA) is 59.4 Å². The van der Waals surface area contributed by atoms with Gasteiger partial charge in [0.15, 0.2) is 0 Å². The van der Waals surface area contributed by atoms with Crippen LogP contribution in [0.3, 0.4) is 0 Å². The first kappa shape index (κ1) is 14.6. The predicted molar refractivity (Wildman–Crippen MR) is 60.8 cm³/mol. The molecule has 0 amide bonds. The van der Waals surface area contributed by atoms with Crippen LogP contribution in [0.2, 0.25) is 0 Å². The second kappa shape index (κ2) is 6.49. The Hall–Kier alpha value is -1.43. The quantitative estimate of drug-likeness (QED) is 0.665. The fourth-order valence-electron chi connectivity index (χ4n) is 1.38. The third kappa shape index (κ3) is 3.53. The Morgan fingerprint density at radius 3 is 2.78 bits per heavy atom. The summed E-state index contributed by atoms with van der Waals surface area (Å²) in [6.07, 6.45) is -3.10. The van der Waals surface area contributed by atoms with Crippen molar-refractivity contribution in [1.29, 1.82) is 0 Å². The van der Waals surface area contributed by atoms with E-state index in [2.05, 4.69) is 9.72 Å². The minimum atomic E-state index is -2.86. The molecule has 1 aromatic rings. The second-order valence-corrected chi connectivity index (χ2v) is 3.68. The molecule has 4 nitrogen and oxygen atoms in total. The van der Waals surface area contributed by atoms with Crippen LogP contribution in [0.4, 0.5) is 8.78 Å². The zero-order valence-electron chi connectivity index (χ0n) is 9.62. The summed E-state index contributed by atoms with van der Waals surface area (Å²) in [6.45, 7) is 1.83. The molecule has 0 saturated carbocycles. The molecule has 0 aliphatic carbocycles. The van der Waals surface area contributed by atoms with Crippen molar-refractivity contribution in [3.63, 3.8) is 0 Å². The van der Waals surface area contributed by atoms with Crippen LogP contribution < -0.4 is 0 Å². The zero-order valence-corrected chi connectivity index (χ0v) is 10.4. The maximum absolute atomic E-state index is 12.7. The minimum absolute atomic E-state index is 0.0752. The highest BCUT2D eigenvalue weighted by atomic mass is 35.5. The molecular weight excluding hydrogens is 268 g/mol. The Bertz CT molecular complexity index is 441. The van der Waals surface area contributed by atoms with Crippen molar-refractivity contribution in [2.24, 2.45) is 0 Å². The molecular formula is C11H12ClF2NO3. The van der Waals surface area contributed by atoms with Gasteiger partial charge in [0, 0.05) is 0 Å². The highest BCUT2D eigenvalue weighted by Crippen LogP contribution is 2.31. The van der Waals surface area contributed by atoms with Crippen molar-refractivity contribution in [1.82, 2.24) is 4.98 Å². The van der Waals surface area contributed by atoms with Gasteiger partial charge in [-0.05, 0) is 13.0 Å². The monoisotopic (exact) mass is 279 g/mol. The number of hydrogen-bond acceptors (Lipinski definition) is 4. The molecule has 18 heavy (non-hydrogen) atoms. The molecule has 100 valence electrons. The van der Waals surface area contributed by atoms with Crippen molar-refractivity contribution in [2.45, 2.75) is 25.7 Å². The van der Waals surface area contributed by atoms with Gasteiger partial charge in [0.05, 0.1) is 35.9 Å². The van der Waals surface area contributed by atoms with Crippen LogP contribution in [0, 0.1) is 0 Å². The van der Waals surface area contributed by atoms with Crippen molar-refractivity contribution >= 4 is 17.6 Å². The van der Waals surface area contributed by atoms with Crippen molar-refractivity contribution in [3.8, 4) is 5.75 Å². The van der Waals surface area contributed by atoms with Crippen molar-refractivity contribution < 1.29 is 23.4 Å². The third-order valence-electron chi connectivity index (χ3n) is 2.14. The highest BCUT2D eigenvalue weighted by Gasteiger charge is 2.19. The first-order valence-electron chi connectivity index (χ1n) is 5.21. The molecule has 0 unspecified atom stereocenters. The normalized spacial score (nSPS) is 10.7. The van der Waals surface area contributed by atoms with E-state index in [9.17, 15) is 18.7 Å². The Morgan fingerprint density at radius 2 is 2.28 bits per heavy atom. The number of pyridine rings is 1. The Kier molecular flexibility index (Phi) is 5.27. The van der Waals surface area contributed by atoms with E-state index in [0.29, 0.717) is 0 Å². The number of halogens is 3. The van der Waals surface area contributed by atoms with E-state index in [4.69, 9.17) is 11.6 Å². The summed E-state index contributed by atoms with van der Waals surface area (Å²) in [5.41, 5.74) is -0.564. The van der Waals surface area contributed by atoms with E-state index < -0.39 is 23.7 Å². The van der Waals surface area contributed by atoms with Crippen molar-refractivity contribution in [2.75, 3.05) is 6.61 Å². The summed E-state index contributed by atoms with van der Waals surface area (Å²) >= 11 is 5.49. The smallest absolute Gasteiger partial charge is 0.311 e. The lowest BCUT2D eigenvalue weighted by Gasteiger charge is -2.10. The fraction of sp³-hybridized carbons (Fsp3) is 0.455. The number of aromatic hydroxyl groups is 1. The number of nitrogens with zero attached hydrogens (tertiary/aromatic N) is 1. The van der Waals surface area contributed by atoms with Crippen LogP contribution in [-0.4, -0.2) is 22.7 Å². The average molecular weight is 280 g/mol. The lowest BCUT2D eigenvalue weighted by Crippen LogP contribution is -2.10. The zero-order chi connectivity index (χ0) is 13.7. The molecule has 1 aromatic heterocycles. The van der Waals surface area contributed by atoms with E-state index in [1.807, 2.05) is 0 Å². The maximum Gasteiger partial charge on any atom is 0.311 e. The number of hydrogen-bond donors (Lipinski definition) is 1. The summed E-state index contributed by atoms with van der Waals surface area (Å²) in [4.78, 5) is 15.1. The van der Waals surface area contributed by atoms with E-state index in [1.165, 1.54) is 0 Å². The first-order valence-corrected chi connectivity index (χ1v) is 5.74. The summed E-state index contributed by atoms with van der Waals surface area (Å²) in [5, 5.41) is 9.48. The van der Waals surface area contributed by atoms with Gasteiger partial charge in [-0.3, -0.25) is 9.78 Å². The highest BCUT2D eigenvalue weighted by molar-refractivity contribution is 6.17. The summed E-state index contributed by atoms with van der Waals surface area (Å²) in [5.74, 6) is -1.42. The van der Waals surface area contributed by atoms with Crippen LogP contribution in [-0.2, 0) is 21.8 Å². The molecule has 1 rings (SSSR count). The van der Waals surface area contributed by atoms with Gasteiger partial charge in [-0.2, -0.15) is 0 Å². The average Bonchev–Trinajstić information content (AvgIpc) is 2.31. The first-order chi connectivity index (χ1) is 8.49. The van der Waals surface area contributed by atoms with Crippen LogP contribution in [0.1, 0.15) is 30.3 Å². The van der Waals surface area contributed by atoms with Crippen LogP contribution in [0.25, 0.3) is 0 Å². The Labute approximate surface area is 108 Å². The van der Waals surface area contributed by atoms with E-state index >= 15 is 0 Å². The lowest BCUT2D eigenvalue weighted by molar-refractivity contribution is -0.142. The maximum atomic E-state index is 12.7. The van der Waals surface area contributed by atoms with Gasteiger partial charge in [-0.25, -0.2) is 8.78 Å². The van der Waals surface area contributed by atoms with E-state index in [-0.39, 0.29) is 30.3 Å². The molecule has 0 saturated heterocycles. The number of carbonyl (C=O) groups excluding carboxylic acids is 1. The molecule has 1 N–H and O–H groups in total. The molecule has 0 atom stereocenters. The van der Waals surface area contributed by atoms with Gasteiger partial charge in [0.1, 0.15) is 5.75 Å². The lowest BCUT2D eigenvalue weighted by atomic mass is 10.1. The van der Waals surface area contributed by atoms with E-state index in [0.717, 1.165) is 6.07 Å². The minimum Gasteiger partial charge on any atom is -0.505 e. The third-order valence-corrected chi connectivity index (χ3v) is 2.39. The van der Waals surface area contributed by atoms with E-state index in [1.54, 1.807) is 6.92 Å². The summed E-state index contributed by atoms with van der Waals surface area (Å²) in [7, 11) is 0. The number of ether oxygens (including phenoxy) is 1. The number of carbonyl (C=O) groups is 1. The van der Waals surface area contributed by atoms with Crippen LogP contribution in [0.15, 0.2) is 6.07 Å². The molecule has 0 aliphatic heterocycles. The number of esters is 1. The summed E-state index contributed by atoms with van der Waals surface area (Å²) in [6, 6.07) is 0.979. The van der Waals surface area contributed by atoms with Gasteiger partial charge in [-0.1, -0.05) is 0 Å². The molecule has 7 heteroatoms. The summed E-state index contributed by atoms with van der Waals surface area (Å²) < 4.78 is 30.0. The molecule has 0 fully saturated rings. The van der Waals surface area contributed by atoms with Gasteiger partial charge >= 0.3 is 5.97 Å². The Morgan fingerprint density at radius 1 is 1.61 bits per heavy atom. The molecule has 1 heterocycles. The van der Waals surface area contributed by atoms with Gasteiger partial charge in [-0.15, -0.1) is 11.6 Å². The van der Waals surface area contributed by atoms with Crippen LogP contribution >= 0.6 is 11.6 Å². The fourth-order valence-corrected chi connectivity index (χ4v) is 1.57. The van der Waals surface area contributed by atoms with Gasteiger partial charge in [0.25, 0.3) is 6.43 Å². The predicted octanol–water partition coefficient (Wildman–Crippen LogP) is 2.57. The second-order valence-electron chi connectivity index (χ2n) is 3.41. The molecule has 0 bridgehead atoms. The molecule has 0 aliphatic rings. The molecule has 0 aromatic carbocycles. The van der Waals surface area contributed by atoms with Crippen molar-refractivity contribution in [3.05, 3.63) is 23.0 Å². The Balaban J connectivity index is 3.06. The van der Waals surface area contributed by atoms with Gasteiger partial charge < -0.3 is 9.84 Å². The van der Waals surface area contributed by atoms with Gasteiger partial charge in [0.2, 0.25) is 0 Å². The standard InChI is InChI=1S/C11H12ClF2NO3/c1-2-18-9(16)4-6-3-7(11(13)14)10(17)8(5-12)15-6/h3,11,17H,2,4-5H2,1H3. The van der Waals surface area contributed by atoms with Crippen LogP contribution in [0.5, 0.6) is 5.75 Å². The molecule has 0 spiro atoms. The number of aromatic nitrogens is 1. The molecule has 0 radical (unpaired) electrons. The number of alkyl halides is 3. The SMILES string of the molecule is CCOC(=O)Cc1cc(C(F)F)c(O)c(CCl)n1. The number of rotatable bonds is 5. The largest absolute Gasteiger partial charge is 0.505 e.